The van der Waals surface area contributed by atoms with Gasteiger partial charge in [-0.3, -0.25) is 9.69 Å². The molecule has 1 heterocycles. The molecule has 150 valence electrons. The molecule has 0 bridgehead atoms. The molecule has 28 heavy (non-hydrogen) atoms. The summed E-state index contributed by atoms with van der Waals surface area (Å²) in [5.41, 5.74) is 1.16. The number of carbonyl (C=O) groups is 1. The van der Waals surface area contributed by atoms with E-state index in [0.29, 0.717) is 32.3 Å². The predicted molar refractivity (Wildman–Crippen MR) is 117 cm³/mol. The first-order valence-electron chi connectivity index (χ1n) is 9.63. The number of nitrogens with zero attached hydrogens (tertiary/aromatic N) is 1. The van der Waals surface area contributed by atoms with E-state index in [1.807, 2.05) is 18.2 Å². The van der Waals surface area contributed by atoms with Crippen LogP contribution in [0.5, 0.6) is 0 Å². The molecule has 2 rings (SSSR count). The van der Waals surface area contributed by atoms with Gasteiger partial charge in [0.1, 0.15) is 6.61 Å². The van der Waals surface area contributed by atoms with Crippen LogP contribution in [0, 0.1) is 0 Å². The Morgan fingerprint density at radius 3 is 2.61 bits per heavy atom. The molecular formula is C23H29NO3S. The van der Waals surface area contributed by atoms with Crippen LogP contribution in [0.1, 0.15) is 31.2 Å². The SMILES string of the molecule is C=CC[C@H](C=C)O[C@@H](C=C)CCCC(=O)N1C(=S)OC[C@H]1Cc1ccccc1. The van der Waals surface area contributed by atoms with Gasteiger partial charge >= 0.3 is 0 Å². The van der Waals surface area contributed by atoms with Crippen LogP contribution in [-0.2, 0) is 20.7 Å². The Labute approximate surface area is 173 Å². The van der Waals surface area contributed by atoms with Crippen LogP contribution in [0.25, 0.3) is 0 Å². The van der Waals surface area contributed by atoms with Gasteiger partial charge in [0.2, 0.25) is 5.91 Å². The highest BCUT2D eigenvalue weighted by atomic mass is 32.1. The van der Waals surface area contributed by atoms with Crippen molar-refractivity contribution in [3.05, 3.63) is 73.9 Å². The van der Waals surface area contributed by atoms with E-state index >= 15 is 0 Å². The standard InChI is InChI=1S/C23H29NO3S/c1-4-11-20(5-2)27-21(6-3)14-10-15-22(25)24-19(17-26-23(24)28)16-18-12-8-7-9-13-18/h4-9,12-13,19-21H,1-3,10-11,14-17H2/t19-,20+,21+/m1/s1. The zero-order valence-corrected chi connectivity index (χ0v) is 17.1. The number of benzene rings is 1. The van der Waals surface area contributed by atoms with Gasteiger partial charge in [0.05, 0.1) is 18.2 Å². The Balaban J connectivity index is 1.86. The largest absolute Gasteiger partial charge is 0.468 e. The summed E-state index contributed by atoms with van der Waals surface area (Å²) in [4.78, 5) is 14.4. The van der Waals surface area contributed by atoms with Crippen molar-refractivity contribution in [2.24, 2.45) is 0 Å². The van der Waals surface area contributed by atoms with Gasteiger partial charge in [0.15, 0.2) is 0 Å². The first-order valence-corrected chi connectivity index (χ1v) is 10.0. The molecule has 0 aliphatic carbocycles. The van der Waals surface area contributed by atoms with E-state index in [-0.39, 0.29) is 29.3 Å². The molecule has 0 unspecified atom stereocenters. The van der Waals surface area contributed by atoms with E-state index in [1.54, 1.807) is 23.1 Å². The third kappa shape index (κ3) is 6.43. The molecule has 0 radical (unpaired) electrons. The summed E-state index contributed by atoms with van der Waals surface area (Å²) in [7, 11) is 0. The Kier molecular flexibility index (Phi) is 9.11. The van der Waals surface area contributed by atoms with Crippen molar-refractivity contribution < 1.29 is 14.3 Å². The molecule has 4 nitrogen and oxygen atoms in total. The van der Waals surface area contributed by atoms with Gasteiger partial charge in [-0.25, -0.2) is 0 Å². The van der Waals surface area contributed by atoms with E-state index in [4.69, 9.17) is 21.7 Å². The second-order valence-electron chi connectivity index (χ2n) is 6.79. The molecule has 3 atom stereocenters. The van der Waals surface area contributed by atoms with Crippen LogP contribution in [0.3, 0.4) is 0 Å². The smallest absolute Gasteiger partial charge is 0.266 e. The molecule has 1 aromatic carbocycles. The van der Waals surface area contributed by atoms with Crippen molar-refractivity contribution in [2.45, 2.75) is 50.4 Å². The lowest BCUT2D eigenvalue weighted by Crippen LogP contribution is -2.40. The molecule has 5 heteroatoms. The predicted octanol–water partition coefficient (Wildman–Crippen LogP) is 4.61. The van der Waals surface area contributed by atoms with Crippen molar-refractivity contribution >= 4 is 23.3 Å². The minimum Gasteiger partial charge on any atom is -0.468 e. The summed E-state index contributed by atoms with van der Waals surface area (Å²) >= 11 is 5.26. The van der Waals surface area contributed by atoms with E-state index in [9.17, 15) is 4.79 Å². The molecule has 0 spiro atoms. The number of hydrogen-bond acceptors (Lipinski definition) is 4. The molecule has 1 aromatic rings. The van der Waals surface area contributed by atoms with Gasteiger partial charge in [0, 0.05) is 6.42 Å². The lowest BCUT2D eigenvalue weighted by molar-refractivity contribution is -0.128. The first-order chi connectivity index (χ1) is 13.6. The maximum absolute atomic E-state index is 12.8. The second-order valence-corrected chi connectivity index (χ2v) is 7.13. The van der Waals surface area contributed by atoms with Crippen molar-refractivity contribution in [1.29, 1.82) is 0 Å². The zero-order chi connectivity index (χ0) is 20.4. The van der Waals surface area contributed by atoms with Gasteiger partial charge < -0.3 is 9.47 Å². The molecule has 1 aliphatic heterocycles. The van der Waals surface area contributed by atoms with E-state index < -0.39 is 0 Å². The molecular weight excluding hydrogens is 370 g/mol. The summed E-state index contributed by atoms with van der Waals surface area (Å²) in [5, 5.41) is 0.278. The summed E-state index contributed by atoms with van der Waals surface area (Å²) in [6.07, 6.45) is 8.33. The van der Waals surface area contributed by atoms with Crippen LogP contribution in [-0.4, -0.2) is 40.8 Å². The van der Waals surface area contributed by atoms with Crippen LogP contribution in [0.15, 0.2) is 68.3 Å². The lowest BCUT2D eigenvalue weighted by atomic mass is 10.1. The van der Waals surface area contributed by atoms with Crippen molar-refractivity contribution in [3.63, 3.8) is 0 Å². The van der Waals surface area contributed by atoms with Crippen LogP contribution in [0.2, 0.25) is 0 Å². The van der Waals surface area contributed by atoms with Gasteiger partial charge in [-0.15, -0.1) is 19.7 Å². The normalized spacial score (nSPS) is 18.2. The fraction of sp³-hybridized carbons (Fsp3) is 0.391. The molecule has 1 saturated heterocycles. The monoisotopic (exact) mass is 399 g/mol. The average molecular weight is 400 g/mol. The van der Waals surface area contributed by atoms with E-state index in [1.165, 1.54) is 0 Å². The van der Waals surface area contributed by atoms with Crippen molar-refractivity contribution in [2.75, 3.05) is 6.61 Å². The molecule has 0 aromatic heterocycles. The summed E-state index contributed by atoms with van der Waals surface area (Å²) in [5.74, 6) is -0.00222. The number of carbonyl (C=O) groups excluding carboxylic acids is 1. The molecule has 0 saturated carbocycles. The van der Waals surface area contributed by atoms with Crippen molar-refractivity contribution in [1.82, 2.24) is 4.90 Å². The highest BCUT2D eigenvalue weighted by Gasteiger charge is 2.34. The number of ether oxygens (including phenoxy) is 2. The number of thiocarbonyl (C=S) groups is 1. The quantitative estimate of drug-likeness (QED) is 0.380. The Hall–Kier alpha value is -2.24. The topological polar surface area (TPSA) is 38.8 Å². The summed E-state index contributed by atoms with van der Waals surface area (Å²) < 4.78 is 11.4. The van der Waals surface area contributed by atoms with Crippen LogP contribution >= 0.6 is 12.2 Å². The average Bonchev–Trinajstić information content (AvgIpc) is 3.07. The lowest BCUT2D eigenvalue weighted by Gasteiger charge is -2.22. The van der Waals surface area contributed by atoms with Gasteiger partial charge in [-0.05, 0) is 43.5 Å². The van der Waals surface area contributed by atoms with E-state index in [2.05, 4.69) is 31.9 Å². The van der Waals surface area contributed by atoms with Crippen LogP contribution in [0.4, 0.5) is 0 Å². The first kappa shape index (κ1) is 22.1. The van der Waals surface area contributed by atoms with Gasteiger partial charge in [-0.2, -0.15) is 0 Å². The maximum Gasteiger partial charge on any atom is 0.266 e. The highest BCUT2D eigenvalue weighted by Crippen LogP contribution is 2.20. The Morgan fingerprint density at radius 1 is 1.25 bits per heavy atom. The fourth-order valence-corrected chi connectivity index (χ4v) is 3.53. The van der Waals surface area contributed by atoms with Crippen molar-refractivity contribution in [3.8, 4) is 0 Å². The fourth-order valence-electron chi connectivity index (χ4n) is 3.21. The molecule has 0 N–H and O–H groups in total. The van der Waals surface area contributed by atoms with E-state index in [0.717, 1.165) is 12.0 Å². The Bertz CT molecular complexity index is 688. The summed E-state index contributed by atoms with van der Waals surface area (Å²) in [6, 6.07) is 10.0. The van der Waals surface area contributed by atoms with Crippen LogP contribution < -0.4 is 0 Å². The maximum atomic E-state index is 12.8. The van der Waals surface area contributed by atoms with Gasteiger partial charge in [-0.1, -0.05) is 48.6 Å². The second kappa shape index (κ2) is 11.6. The number of hydrogen-bond donors (Lipinski definition) is 0. The molecule has 1 fully saturated rings. The van der Waals surface area contributed by atoms with Gasteiger partial charge in [0.25, 0.3) is 5.17 Å². The Morgan fingerprint density at radius 2 is 1.96 bits per heavy atom. The number of amides is 1. The third-order valence-corrected chi connectivity index (χ3v) is 5.01. The minimum absolute atomic E-state index is 0.00222. The minimum atomic E-state index is -0.127. The zero-order valence-electron chi connectivity index (χ0n) is 16.3. The summed E-state index contributed by atoms with van der Waals surface area (Å²) in [6.45, 7) is 11.8. The third-order valence-electron chi connectivity index (χ3n) is 4.70. The molecule has 1 amide bonds. The highest BCUT2D eigenvalue weighted by molar-refractivity contribution is 7.80. The molecule has 1 aliphatic rings. The number of rotatable bonds is 12.